The molecular formula is C11H19BrClN3O. The molecule has 1 aromatic heterocycles. The van der Waals surface area contributed by atoms with Crippen molar-refractivity contribution in [1.29, 1.82) is 0 Å². The van der Waals surface area contributed by atoms with E-state index < -0.39 is 0 Å². The SMILES string of the molecule is Cl.Cn1cc(Br)c(CNCC2CCOCC2)n1. The van der Waals surface area contributed by atoms with Crippen LogP contribution in [-0.4, -0.2) is 29.5 Å². The zero-order valence-electron chi connectivity index (χ0n) is 9.99. The van der Waals surface area contributed by atoms with Gasteiger partial charge in [0.25, 0.3) is 0 Å². The maximum absolute atomic E-state index is 5.34. The van der Waals surface area contributed by atoms with E-state index in [-0.39, 0.29) is 12.4 Å². The Hall–Kier alpha value is -0.100. The van der Waals surface area contributed by atoms with Crippen LogP contribution in [0.25, 0.3) is 0 Å². The standard InChI is InChI=1S/C11H18BrN3O.ClH/c1-15-8-10(12)11(14-15)7-13-6-9-2-4-16-5-3-9;/h8-9,13H,2-7H2,1H3;1H. The molecule has 1 N–H and O–H groups in total. The second-order valence-electron chi connectivity index (χ2n) is 4.28. The summed E-state index contributed by atoms with van der Waals surface area (Å²) in [5, 5.41) is 7.84. The lowest BCUT2D eigenvalue weighted by Crippen LogP contribution is -2.27. The van der Waals surface area contributed by atoms with Gasteiger partial charge < -0.3 is 10.1 Å². The monoisotopic (exact) mass is 323 g/mol. The minimum Gasteiger partial charge on any atom is -0.381 e. The molecule has 6 heteroatoms. The number of rotatable bonds is 4. The molecule has 17 heavy (non-hydrogen) atoms. The first-order valence-corrected chi connectivity index (χ1v) is 6.51. The van der Waals surface area contributed by atoms with Crippen molar-refractivity contribution in [2.24, 2.45) is 13.0 Å². The van der Waals surface area contributed by atoms with Crippen LogP contribution in [0.15, 0.2) is 10.7 Å². The summed E-state index contributed by atoms with van der Waals surface area (Å²) in [6.07, 6.45) is 4.33. The lowest BCUT2D eigenvalue weighted by molar-refractivity contribution is 0.0662. The number of hydrogen-bond donors (Lipinski definition) is 1. The predicted molar refractivity (Wildman–Crippen MR) is 73.4 cm³/mol. The van der Waals surface area contributed by atoms with Gasteiger partial charge in [0.05, 0.1) is 10.2 Å². The third kappa shape index (κ3) is 4.58. The zero-order valence-corrected chi connectivity index (χ0v) is 12.4. The fourth-order valence-corrected chi connectivity index (χ4v) is 2.49. The molecule has 0 amide bonds. The molecule has 2 heterocycles. The van der Waals surface area contributed by atoms with Crippen molar-refractivity contribution >= 4 is 28.3 Å². The van der Waals surface area contributed by atoms with Crippen molar-refractivity contribution in [3.05, 3.63) is 16.4 Å². The van der Waals surface area contributed by atoms with Crippen LogP contribution >= 0.6 is 28.3 Å². The Morgan fingerprint density at radius 3 is 2.82 bits per heavy atom. The first-order valence-electron chi connectivity index (χ1n) is 5.72. The van der Waals surface area contributed by atoms with Crippen molar-refractivity contribution in [2.45, 2.75) is 19.4 Å². The summed E-state index contributed by atoms with van der Waals surface area (Å²) < 4.78 is 8.24. The smallest absolute Gasteiger partial charge is 0.0904 e. The van der Waals surface area contributed by atoms with Crippen LogP contribution in [0.3, 0.4) is 0 Å². The van der Waals surface area contributed by atoms with Gasteiger partial charge in [-0.15, -0.1) is 12.4 Å². The van der Waals surface area contributed by atoms with Crippen LogP contribution in [0.5, 0.6) is 0 Å². The quantitative estimate of drug-likeness (QED) is 0.922. The Morgan fingerprint density at radius 1 is 1.53 bits per heavy atom. The Bertz CT molecular complexity index is 339. The van der Waals surface area contributed by atoms with Crippen molar-refractivity contribution < 1.29 is 4.74 Å². The molecule has 0 atom stereocenters. The number of aromatic nitrogens is 2. The highest BCUT2D eigenvalue weighted by Gasteiger charge is 2.13. The molecular weight excluding hydrogens is 305 g/mol. The third-order valence-corrected chi connectivity index (χ3v) is 3.58. The topological polar surface area (TPSA) is 39.1 Å². The molecule has 1 aliphatic rings. The summed E-state index contributed by atoms with van der Waals surface area (Å²) in [5.74, 6) is 0.760. The van der Waals surface area contributed by atoms with E-state index in [4.69, 9.17) is 4.74 Å². The van der Waals surface area contributed by atoms with Gasteiger partial charge in [-0.25, -0.2) is 0 Å². The third-order valence-electron chi connectivity index (χ3n) is 2.92. The summed E-state index contributed by atoms with van der Waals surface area (Å²) in [6, 6.07) is 0. The molecule has 1 fully saturated rings. The molecule has 1 aromatic rings. The van der Waals surface area contributed by atoms with Crippen molar-refractivity contribution in [1.82, 2.24) is 15.1 Å². The van der Waals surface area contributed by atoms with Crippen LogP contribution in [0, 0.1) is 5.92 Å². The number of nitrogens with zero attached hydrogens (tertiary/aromatic N) is 2. The van der Waals surface area contributed by atoms with E-state index in [1.807, 2.05) is 17.9 Å². The molecule has 0 radical (unpaired) electrons. The highest BCUT2D eigenvalue weighted by atomic mass is 79.9. The van der Waals surface area contributed by atoms with Gasteiger partial charge in [-0.1, -0.05) is 0 Å². The van der Waals surface area contributed by atoms with Gasteiger partial charge in [-0.2, -0.15) is 5.10 Å². The largest absolute Gasteiger partial charge is 0.381 e. The van der Waals surface area contributed by atoms with Gasteiger partial charge >= 0.3 is 0 Å². The maximum Gasteiger partial charge on any atom is 0.0904 e. The van der Waals surface area contributed by atoms with E-state index in [0.717, 1.165) is 42.4 Å². The Balaban J connectivity index is 0.00000144. The molecule has 0 unspecified atom stereocenters. The second kappa shape index (κ2) is 7.36. The predicted octanol–water partition coefficient (Wildman–Crippen LogP) is 2.12. The number of nitrogens with one attached hydrogen (secondary N) is 1. The minimum atomic E-state index is 0. The van der Waals surface area contributed by atoms with Crippen LogP contribution in [-0.2, 0) is 18.3 Å². The molecule has 0 aromatic carbocycles. The number of halogens is 2. The molecule has 98 valence electrons. The van der Waals surface area contributed by atoms with E-state index in [9.17, 15) is 0 Å². The first-order chi connectivity index (χ1) is 7.75. The molecule has 0 saturated carbocycles. The molecule has 2 rings (SSSR count). The number of ether oxygens (including phenoxy) is 1. The van der Waals surface area contributed by atoms with Gasteiger partial charge in [0, 0.05) is 33.0 Å². The average molecular weight is 325 g/mol. The summed E-state index contributed by atoms with van der Waals surface area (Å²) in [4.78, 5) is 0. The summed E-state index contributed by atoms with van der Waals surface area (Å²) in [7, 11) is 1.94. The zero-order chi connectivity index (χ0) is 11.4. The average Bonchev–Trinajstić information content (AvgIpc) is 2.59. The fraction of sp³-hybridized carbons (Fsp3) is 0.727. The van der Waals surface area contributed by atoms with Gasteiger partial charge in [-0.3, -0.25) is 4.68 Å². The lowest BCUT2D eigenvalue weighted by atomic mass is 10.0. The van der Waals surface area contributed by atoms with Crippen molar-refractivity contribution in [2.75, 3.05) is 19.8 Å². The Kier molecular flexibility index (Phi) is 6.48. The lowest BCUT2D eigenvalue weighted by Gasteiger charge is -2.22. The van der Waals surface area contributed by atoms with Gasteiger partial charge in [0.2, 0.25) is 0 Å². The molecule has 1 saturated heterocycles. The Labute approximate surface area is 117 Å². The van der Waals surface area contributed by atoms with Crippen LogP contribution in [0.2, 0.25) is 0 Å². The highest BCUT2D eigenvalue weighted by Crippen LogP contribution is 2.15. The van der Waals surface area contributed by atoms with Crippen LogP contribution < -0.4 is 5.32 Å². The molecule has 4 nitrogen and oxygen atoms in total. The van der Waals surface area contributed by atoms with E-state index >= 15 is 0 Å². The molecule has 0 bridgehead atoms. The van der Waals surface area contributed by atoms with E-state index in [1.165, 1.54) is 12.8 Å². The van der Waals surface area contributed by atoms with Gasteiger partial charge in [0.15, 0.2) is 0 Å². The minimum absolute atomic E-state index is 0. The summed E-state index contributed by atoms with van der Waals surface area (Å²) >= 11 is 3.50. The van der Waals surface area contributed by atoms with Gasteiger partial charge in [-0.05, 0) is 41.2 Å². The maximum atomic E-state index is 5.34. The molecule has 0 aliphatic carbocycles. The summed E-state index contributed by atoms with van der Waals surface area (Å²) in [6.45, 7) is 3.73. The normalized spacial score (nSPS) is 16.8. The second-order valence-corrected chi connectivity index (χ2v) is 5.14. The Morgan fingerprint density at radius 2 is 2.24 bits per heavy atom. The fourth-order valence-electron chi connectivity index (χ4n) is 1.97. The molecule has 1 aliphatic heterocycles. The number of aryl methyl sites for hydroxylation is 1. The molecule has 0 spiro atoms. The summed E-state index contributed by atoms with van der Waals surface area (Å²) in [5.41, 5.74) is 1.08. The number of hydrogen-bond acceptors (Lipinski definition) is 3. The van der Waals surface area contributed by atoms with Crippen molar-refractivity contribution in [3.8, 4) is 0 Å². The van der Waals surface area contributed by atoms with Gasteiger partial charge in [0.1, 0.15) is 0 Å². The van der Waals surface area contributed by atoms with E-state index in [0.29, 0.717) is 0 Å². The van der Waals surface area contributed by atoms with E-state index in [2.05, 4.69) is 26.3 Å². The van der Waals surface area contributed by atoms with E-state index in [1.54, 1.807) is 0 Å². The van der Waals surface area contributed by atoms with Crippen molar-refractivity contribution in [3.63, 3.8) is 0 Å². The van der Waals surface area contributed by atoms with Crippen LogP contribution in [0.1, 0.15) is 18.5 Å². The first kappa shape index (κ1) is 15.0. The highest BCUT2D eigenvalue weighted by molar-refractivity contribution is 9.10. The van der Waals surface area contributed by atoms with Crippen LogP contribution in [0.4, 0.5) is 0 Å².